The SMILES string of the molecule is CC(C(=O)Cc1nc2ccccc2o1)C1CC1. The van der Waals surface area contributed by atoms with Gasteiger partial charge in [-0.1, -0.05) is 19.1 Å². The molecule has 0 bridgehead atoms. The first-order chi connectivity index (χ1) is 8.24. The Hall–Kier alpha value is -1.64. The number of rotatable bonds is 4. The number of benzene rings is 1. The highest BCUT2D eigenvalue weighted by Gasteiger charge is 2.32. The van der Waals surface area contributed by atoms with Crippen LogP contribution in [0.5, 0.6) is 0 Å². The van der Waals surface area contributed by atoms with E-state index in [2.05, 4.69) is 4.98 Å². The number of nitrogens with zero attached hydrogens (tertiary/aromatic N) is 1. The van der Waals surface area contributed by atoms with Gasteiger partial charge in [0.25, 0.3) is 0 Å². The van der Waals surface area contributed by atoms with Gasteiger partial charge < -0.3 is 4.42 Å². The number of hydrogen-bond donors (Lipinski definition) is 0. The van der Waals surface area contributed by atoms with Crippen LogP contribution in [0.25, 0.3) is 11.1 Å². The predicted molar refractivity (Wildman–Crippen MR) is 64.6 cm³/mol. The van der Waals surface area contributed by atoms with Crippen LogP contribution in [0.2, 0.25) is 0 Å². The summed E-state index contributed by atoms with van der Waals surface area (Å²) in [4.78, 5) is 16.3. The number of para-hydroxylation sites is 2. The standard InChI is InChI=1S/C14H15NO2/c1-9(10-6-7-10)12(16)8-14-15-11-4-2-3-5-13(11)17-14/h2-5,9-10H,6-8H2,1H3. The van der Waals surface area contributed by atoms with Crippen LogP contribution in [-0.4, -0.2) is 10.8 Å². The average Bonchev–Trinajstić information content (AvgIpc) is 3.08. The molecular formula is C14H15NO2. The molecule has 1 aromatic heterocycles. The molecule has 1 fully saturated rings. The fourth-order valence-corrected chi connectivity index (χ4v) is 2.16. The lowest BCUT2D eigenvalue weighted by atomic mass is 9.99. The summed E-state index contributed by atoms with van der Waals surface area (Å²) in [6, 6.07) is 7.60. The van der Waals surface area contributed by atoms with Crippen LogP contribution in [0.4, 0.5) is 0 Å². The molecule has 1 heterocycles. The van der Waals surface area contributed by atoms with Gasteiger partial charge in [-0.15, -0.1) is 0 Å². The minimum Gasteiger partial charge on any atom is -0.440 e. The fourth-order valence-electron chi connectivity index (χ4n) is 2.16. The molecule has 0 radical (unpaired) electrons. The van der Waals surface area contributed by atoms with Crippen molar-refractivity contribution >= 4 is 16.9 Å². The minimum atomic E-state index is 0.157. The van der Waals surface area contributed by atoms with Crippen LogP contribution >= 0.6 is 0 Å². The highest BCUT2D eigenvalue weighted by atomic mass is 16.3. The van der Waals surface area contributed by atoms with Crippen LogP contribution in [0.1, 0.15) is 25.7 Å². The van der Waals surface area contributed by atoms with E-state index in [9.17, 15) is 4.79 Å². The number of hydrogen-bond acceptors (Lipinski definition) is 3. The molecule has 1 aliphatic carbocycles. The molecule has 88 valence electrons. The van der Waals surface area contributed by atoms with Crippen molar-refractivity contribution in [3.8, 4) is 0 Å². The van der Waals surface area contributed by atoms with Gasteiger partial charge >= 0.3 is 0 Å². The minimum absolute atomic E-state index is 0.157. The fraction of sp³-hybridized carbons (Fsp3) is 0.429. The van der Waals surface area contributed by atoms with Gasteiger partial charge in [-0.25, -0.2) is 4.98 Å². The zero-order chi connectivity index (χ0) is 11.8. The smallest absolute Gasteiger partial charge is 0.202 e. The summed E-state index contributed by atoms with van der Waals surface area (Å²) in [6.45, 7) is 2.02. The molecule has 0 spiro atoms. The molecule has 3 heteroatoms. The van der Waals surface area contributed by atoms with E-state index in [-0.39, 0.29) is 11.7 Å². The highest BCUT2D eigenvalue weighted by Crippen LogP contribution is 2.37. The molecule has 1 aromatic carbocycles. The Labute approximate surface area is 99.8 Å². The second kappa shape index (κ2) is 3.99. The summed E-state index contributed by atoms with van der Waals surface area (Å²) >= 11 is 0. The van der Waals surface area contributed by atoms with E-state index in [0.29, 0.717) is 18.2 Å². The van der Waals surface area contributed by atoms with Gasteiger partial charge in [-0.2, -0.15) is 0 Å². The van der Waals surface area contributed by atoms with Crippen molar-refractivity contribution in [3.05, 3.63) is 30.2 Å². The van der Waals surface area contributed by atoms with Crippen molar-refractivity contribution in [1.82, 2.24) is 4.98 Å². The zero-order valence-corrected chi connectivity index (χ0v) is 9.85. The number of oxazole rings is 1. The molecule has 0 amide bonds. The first kappa shape index (κ1) is 10.5. The summed E-state index contributed by atoms with van der Waals surface area (Å²) in [6.07, 6.45) is 2.72. The number of carbonyl (C=O) groups excluding carboxylic acids is 1. The monoisotopic (exact) mass is 229 g/mol. The molecule has 2 aromatic rings. The number of fused-ring (bicyclic) bond motifs is 1. The van der Waals surface area contributed by atoms with Gasteiger partial charge in [-0.3, -0.25) is 4.79 Å². The zero-order valence-electron chi connectivity index (χ0n) is 9.85. The largest absolute Gasteiger partial charge is 0.440 e. The molecule has 17 heavy (non-hydrogen) atoms. The third-order valence-corrected chi connectivity index (χ3v) is 3.50. The molecule has 1 aliphatic rings. The van der Waals surface area contributed by atoms with Crippen LogP contribution in [0.15, 0.2) is 28.7 Å². The lowest BCUT2D eigenvalue weighted by Gasteiger charge is -2.05. The Morgan fingerprint density at radius 2 is 2.24 bits per heavy atom. The highest BCUT2D eigenvalue weighted by molar-refractivity contribution is 5.83. The van der Waals surface area contributed by atoms with Crippen molar-refractivity contribution in [1.29, 1.82) is 0 Å². The second-order valence-corrected chi connectivity index (χ2v) is 4.84. The molecule has 1 saturated carbocycles. The Balaban J connectivity index is 1.77. The molecule has 0 saturated heterocycles. The first-order valence-electron chi connectivity index (χ1n) is 6.11. The molecule has 0 N–H and O–H groups in total. The van der Waals surface area contributed by atoms with Crippen LogP contribution in [-0.2, 0) is 11.2 Å². The third kappa shape index (κ3) is 2.09. The summed E-state index contributed by atoms with van der Waals surface area (Å²) in [5.41, 5.74) is 1.59. The molecule has 3 nitrogen and oxygen atoms in total. The van der Waals surface area contributed by atoms with Gasteiger partial charge in [0.05, 0.1) is 6.42 Å². The number of ketones is 1. The quantitative estimate of drug-likeness (QED) is 0.809. The lowest BCUT2D eigenvalue weighted by Crippen LogP contribution is -2.15. The van der Waals surface area contributed by atoms with Crippen molar-refractivity contribution in [2.75, 3.05) is 0 Å². The topological polar surface area (TPSA) is 43.1 Å². The van der Waals surface area contributed by atoms with Crippen LogP contribution in [0, 0.1) is 11.8 Å². The number of carbonyl (C=O) groups is 1. The lowest BCUT2D eigenvalue weighted by molar-refractivity contribution is -0.122. The summed E-state index contributed by atoms with van der Waals surface area (Å²) in [5.74, 6) is 1.56. The third-order valence-electron chi connectivity index (χ3n) is 3.50. The van der Waals surface area contributed by atoms with Crippen molar-refractivity contribution in [3.63, 3.8) is 0 Å². The maximum Gasteiger partial charge on any atom is 0.202 e. The van der Waals surface area contributed by atoms with E-state index >= 15 is 0 Å². The van der Waals surface area contributed by atoms with Gasteiger partial charge in [0.1, 0.15) is 11.3 Å². The molecular weight excluding hydrogens is 214 g/mol. The van der Waals surface area contributed by atoms with Crippen molar-refractivity contribution in [2.24, 2.45) is 11.8 Å². The van der Waals surface area contributed by atoms with E-state index in [0.717, 1.165) is 11.1 Å². The maximum absolute atomic E-state index is 12.0. The van der Waals surface area contributed by atoms with E-state index in [1.807, 2.05) is 31.2 Å². The Kier molecular flexibility index (Phi) is 2.46. The predicted octanol–water partition coefficient (Wildman–Crippen LogP) is 2.99. The van der Waals surface area contributed by atoms with Gasteiger partial charge in [0.2, 0.25) is 5.89 Å². The van der Waals surface area contributed by atoms with E-state index in [1.54, 1.807) is 0 Å². The Morgan fingerprint density at radius 1 is 1.47 bits per heavy atom. The number of aromatic nitrogens is 1. The summed E-state index contributed by atoms with van der Waals surface area (Å²) in [7, 11) is 0. The van der Waals surface area contributed by atoms with Crippen molar-refractivity contribution < 1.29 is 9.21 Å². The molecule has 3 rings (SSSR count). The molecule has 1 atom stereocenters. The summed E-state index contributed by atoms with van der Waals surface area (Å²) in [5, 5.41) is 0. The van der Waals surface area contributed by atoms with Gasteiger partial charge in [-0.05, 0) is 30.9 Å². The maximum atomic E-state index is 12.0. The van der Waals surface area contributed by atoms with E-state index in [4.69, 9.17) is 4.42 Å². The van der Waals surface area contributed by atoms with E-state index in [1.165, 1.54) is 12.8 Å². The summed E-state index contributed by atoms with van der Waals surface area (Å²) < 4.78 is 5.56. The van der Waals surface area contributed by atoms with E-state index < -0.39 is 0 Å². The average molecular weight is 229 g/mol. The van der Waals surface area contributed by atoms with Crippen LogP contribution in [0.3, 0.4) is 0 Å². The molecule has 0 aliphatic heterocycles. The normalized spacial score (nSPS) is 17.2. The van der Waals surface area contributed by atoms with Gasteiger partial charge in [0.15, 0.2) is 5.58 Å². The van der Waals surface area contributed by atoms with Crippen molar-refractivity contribution in [2.45, 2.75) is 26.2 Å². The first-order valence-corrected chi connectivity index (χ1v) is 6.11. The molecule has 1 unspecified atom stereocenters. The van der Waals surface area contributed by atoms with Crippen LogP contribution < -0.4 is 0 Å². The Morgan fingerprint density at radius 3 is 2.94 bits per heavy atom. The second-order valence-electron chi connectivity index (χ2n) is 4.84. The van der Waals surface area contributed by atoms with Gasteiger partial charge in [0, 0.05) is 5.92 Å². The number of Topliss-reactive ketones (excluding diaryl/α,β-unsaturated/α-hetero) is 1. The Bertz CT molecular complexity index is 521.